The van der Waals surface area contributed by atoms with Crippen molar-refractivity contribution >= 4 is 0 Å². The van der Waals surface area contributed by atoms with E-state index in [0.29, 0.717) is 12.5 Å². The van der Waals surface area contributed by atoms with Crippen molar-refractivity contribution in [2.24, 2.45) is 5.92 Å². The van der Waals surface area contributed by atoms with Crippen LogP contribution in [0.15, 0.2) is 48.5 Å². The summed E-state index contributed by atoms with van der Waals surface area (Å²) < 4.78 is 18.6. The maximum absolute atomic E-state index is 12.9. The SMILES string of the molecule is CC(C)CCOc1ccc(C(C)NCc2ccc(F)cc2)cc1. The molecule has 0 spiro atoms. The van der Waals surface area contributed by atoms with Gasteiger partial charge in [0.15, 0.2) is 0 Å². The van der Waals surface area contributed by atoms with Crippen molar-refractivity contribution < 1.29 is 9.13 Å². The van der Waals surface area contributed by atoms with Crippen LogP contribution >= 0.6 is 0 Å². The predicted molar refractivity (Wildman–Crippen MR) is 93.0 cm³/mol. The molecule has 0 radical (unpaired) electrons. The van der Waals surface area contributed by atoms with E-state index in [1.165, 1.54) is 17.7 Å². The van der Waals surface area contributed by atoms with Crippen LogP contribution in [0.2, 0.25) is 0 Å². The molecule has 0 heterocycles. The summed E-state index contributed by atoms with van der Waals surface area (Å²) in [5.74, 6) is 1.37. The van der Waals surface area contributed by atoms with Gasteiger partial charge in [-0.25, -0.2) is 4.39 Å². The zero-order valence-corrected chi connectivity index (χ0v) is 14.2. The largest absolute Gasteiger partial charge is 0.494 e. The first-order chi connectivity index (χ1) is 11.0. The molecule has 23 heavy (non-hydrogen) atoms. The van der Waals surface area contributed by atoms with Gasteiger partial charge in [-0.3, -0.25) is 0 Å². The normalized spacial score (nSPS) is 12.4. The first-order valence-corrected chi connectivity index (χ1v) is 8.25. The zero-order chi connectivity index (χ0) is 16.7. The topological polar surface area (TPSA) is 21.3 Å². The van der Waals surface area contributed by atoms with Crippen LogP contribution in [0.5, 0.6) is 5.75 Å². The van der Waals surface area contributed by atoms with Crippen molar-refractivity contribution in [3.05, 3.63) is 65.5 Å². The van der Waals surface area contributed by atoms with E-state index in [0.717, 1.165) is 24.3 Å². The van der Waals surface area contributed by atoms with Gasteiger partial charge in [-0.1, -0.05) is 38.1 Å². The van der Waals surface area contributed by atoms with Crippen LogP contribution in [0, 0.1) is 11.7 Å². The quantitative estimate of drug-likeness (QED) is 0.731. The second-order valence-corrected chi connectivity index (χ2v) is 6.33. The van der Waals surface area contributed by atoms with Crippen LogP contribution in [-0.4, -0.2) is 6.61 Å². The van der Waals surface area contributed by atoms with Gasteiger partial charge in [0.1, 0.15) is 11.6 Å². The van der Waals surface area contributed by atoms with Gasteiger partial charge >= 0.3 is 0 Å². The van der Waals surface area contributed by atoms with Gasteiger partial charge in [0, 0.05) is 12.6 Å². The molecule has 0 saturated heterocycles. The Bertz CT molecular complexity index is 578. The lowest BCUT2D eigenvalue weighted by Crippen LogP contribution is -2.18. The smallest absolute Gasteiger partial charge is 0.123 e. The fourth-order valence-electron chi connectivity index (χ4n) is 2.26. The van der Waals surface area contributed by atoms with E-state index in [9.17, 15) is 4.39 Å². The van der Waals surface area contributed by atoms with E-state index >= 15 is 0 Å². The first kappa shape index (κ1) is 17.5. The Morgan fingerprint density at radius 2 is 1.61 bits per heavy atom. The summed E-state index contributed by atoms with van der Waals surface area (Å²) in [6.07, 6.45) is 1.07. The van der Waals surface area contributed by atoms with E-state index in [1.807, 2.05) is 12.1 Å². The highest BCUT2D eigenvalue weighted by Gasteiger charge is 2.05. The molecule has 0 amide bonds. The third kappa shape index (κ3) is 6.03. The van der Waals surface area contributed by atoms with Gasteiger partial charge in [-0.05, 0) is 54.7 Å². The Morgan fingerprint density at radius 1 is 0.957 bits per heavy atom. The summed E-state index contributed by atoms with van der Waals surface area (Å²) in [5.41, 5.74) is 2.29. The molecule has 0 aliphatic carbocycles. The van der Waals surface area contributed by atoms with Crippen molar-refractivity contribution in [3.63, 3.8) is 0 Å². The summed E-state index contributed by atoms with van der Waals surface area (Å²) >= 11 is 0. The fraction of sp³-hybridized carbons (Fsp3) is 0.400. The molecule has 0 aromatic heterocycles. The van der Waals surface area contributed by atoms with Crippen molar-refractivity contribution in [1.82, 2.24) is 5.32 Å². The zero-order valence-electron chi connectivity index (χ0n) is 14.2. The second-order valence-electron chi connectivity index (χ2n) is 6.33. The number of ether oxygens (including phenoxy) is 1. The minimum atomic E-state index is -0.199. The van der Waals surface area contributed by atoms with Crippen molar-refractivity contribution in [3.8, 4) is 5.75 Å². The van der Waals surface area contributed by atoms with Gasteiger partial charge in [-0.2, -0.15) is 0 Å². The van der Waals surface area contributed by atoms with Crippen LogP contribution in [0.1, 0.15) is 44.4 Å². The third-order valence-electron chi connectivity index (χ3n) is 3.87. The lowest BCUT2D eigenvalue weighted by molar-refractivity contribution is 0.289. The van der Waals surface area contributed by atoms with E-state index in [-0.39, 0.29) is 11.9 Å². The molecule has 0 bridgehead atoms. The van der Waals surface area contributed by atoms with E-state index in [2.05, 4.69) is 38.2 Å². The molecule has 2 aromatic rings. The molecule has 0 aliphatic rings. The number of benzene rings is 2. The molecule has 2 rings (SSSR count). The van der Waals surface area contributed by atoms with Crippen LogP contribution in [0.4, 0.5) is 4.39 Å². The number of nitrogens with one attached hydrogen (secondary N) is 1. The summed E-state index contributed by atoms with van der Waals surface area (Å²) in [5, 5.41) is 3.45. The maximum atomic E-state index is 12.9. The minimum absolute atomic E-state index is 0.199. The average Bonchev–Trinajstić information content (AvgIpc) is 2.54. The van der Waals surface area contributed by atoms with Gasteiger partial charge in [-0.15, -0.1) is 0 Å². The highest BCUT2D eigenvalue weighted by Crippen LogP contribution is 2.18. The molecule has 2 nitrogen and oxygen atoms in total. The third-order valence-corrected chi connectivity index (χ3v) is 3.87. The van der Waals surface area contributed by atoms with Crippen LogP contribution < -0.4 is 10.1 Å². The van der Waals surface area contributed by atoms with Gasteiger partial charge in [0.05, 0.1) is 6.61 Å². The lowest BCUT2D eigenvalue weighted by atomic mass is 10.1. The number of hydrogen-bond acceptors (Lipinski definition) is 2. The molecule has 0 aliphatic heterocycles. The minimum Gasteiger partial charge on any atom is -0.494 e. The highest BCUT2D eigenvalue weighted by atomic mass is 19.1. The first-order valence-electron chi connectivity index (χ1n) is 8.25. The Morgan fingerprint density at radius 3 is 2.22 bits per heavy atom. The maximum Gasteiger partial charge on any atom is 0.123 e. The van der Waals surface area contributed by atoms with Gasteiger partial charge < -0.3 is 10.1 Å². The molecule has 1 N–H and O–H groups in total. The molecular formula is C20H26FNO. The van der Waals surface area contributed by atoms with Crippen molar-refractivity contribution in [2.45, 2.75) is 39.8 Å². The highest BCUT2D eigenvalue weighted by molar-refractivity contribution is 5.29. The summed E-state index contributed by atoms with van der Waals surface area (Å²) in [7, 11) is 0. The summed E-state index contributed by atoms with van der Waals surface area (Å²) in [6.45, 7) is 7.99. The van der Waals surface area contributed by atoms with Crippen LogP contribution in [0.3, 0.4) is 0 Å². The van der Waals surface area contributed by atoms with Crippen molar-refractivity contribution in [2.75, 3.05) is 6.61 Å². The molecule has 124 valence electrons. The molecule has 1 unspecified atom stereocenters. The Kier molecular flexibility index (Phi) is 6.60. The fourth-order valence-corrected chi connectivity index (χ4v) is 2.26. The van der Waals surface area contributed by atoms with E-state index in [1.54, 1.807) is 12.1 Å². The lowest BCUT2D eigenvalue weighted by Gasteiger charge is -2.15. The molecular weight excluding hydrogens is 289 g/mol. The Labute approximate surface area is 138 Å². The molecule has 3 heteroatoms. The summed E-state index contributed by atoms with van der Waals surface area (Å²) in [6, 6.07) is 15.0. The molecule has 0 fully saturated rings. The Hall–Kier alpha value is -1.87. The van der Waals surface area contributed by atoms with Crippen LogP contribution in [-0.2, 0) is 6.54 Å². The van der Waals surface area contributed by atoms with Gasteiger partial charge in [0.2, 0.25) is 0 Å². The van der Waals surface area contributed by atoms with E-state index in [4.69, 9.17) is 4.74 Å². The second kappa shape index (κ2) is 8.68. The summed E-state index contributed by atoms with van der Waals surface area (Å²) in [4.78, 5) is 0. The van der Waals surface area contributed by atoms with Gasteiger partial charge in [0.25, 0.3) is 0 Å². The average molecular weight is 315 g/mol. The Balaban J connectivity index is 1.82. The molecule has 0 saturated carbocycles. The monoisotopic (exact) mass is 315 g/mol. The molecule has 1 atom stereocenters. The number of hydrogen-bond donors (Lipinski definition) is 1. The standard InChI is InChI=1S/C20H26FNO/c1-15(2)12-13-23-20-10-6-18(7-11-20)16(3)22-14-17-4-8-19(21)9-5-17/h4-11,15-16,22H,12-14H2,1-3H3. The molecule has 2 aromatic carbocycles. The predicted octanol–water partition coefficient (Wildman–Crippen LogP) is 5.10. The number of halogens is 1. The number of rotatable bonds is 8. The van der Waals surface area contributed by atoms with Crippen molar-refractivity contribution in [1.29, 1.82) is 0 Å². The van der Waals surface area contributed by atoms with E-state index < -0.39 is 0 Å². The van der Waals surface area contributed by atoms with Crippen LogP contribution in [0.25, 0.3) is 0 Å².